The molecule has 0 aliphatic heterocycles. The number of rotatable bonds is 3. The van der Waals surface area contributed by atoms with Crippen LogP contribution < -0.4 is 0 Å². The van der Waals surface area contributed by atoms with Crippen molar-refractivity contribution >= 4 is 0 Å². The van der Waals surface area contributed by atoms with E-state index in [-0.39, 0.29) is 0 Å². The zero-order valence-electron chi connectivity index (χ0n) is 15.2. The molecule has 0 spiro atoms. The standard InChI is InChI=1S/C26H22/c1-19-8-12-22(13-9-19)25-17-16-24(21-6-4-3-5-7-21)18-26(25)23-14-10-20(2)11-15-23/h3-18H,1-2H3. The normalized spacial score (nSPS) is 10.7. The van der Waals surface area contributed by atoms with Gasteiger partial charge in [-0.15, -0.1) is 0 Å². The first-order valence-electron chi connectivity index (χ1n) is 9.04. The quantitative estimate of drug-likeness (QED) is 0.368. The molecular formula is C26H22. The molecule has 0 amide bonds. The SMILES string of the molecule is Cc1ccc(-c2ccc(-c3ccccc3)cc2-c2ccc(C)cc2)cc1. The second-order valence-corrected chi connectivity index (χ2v) is 6.86. The van der Waals surface area contributed by atoms with Gasteiger partial charge < -0.3 is 0 Å². The highest BCUT2D eigenvalue weighted by atomic mass is 14.1. The summed E-state index contributed by atoms with van der Waals surface area (Å²) in [5, 5.41) is 0. The van der Waals surface area contributed by atoms with Crippen molar-refractivity contribution < 1.29 is 0 Å². The molecule has 0 radical (unpaired) electrons. The minimum Gasteiger partial charge on any atom is -0.0622 e. The molecule has 126 valence electrons. The molecule has 0 aliphatic rings. The summed E-state index contributed by atoms with van der Waals surface area (Å²) in [6.07, 6.45) is 0. The summed E-state index contributed by atoms with van der Waals surface area (Å²) < 4.78 is 0. The first kappa shape index (κ1) is 16.4. The van der Waals surface area contributed by atoms with Crippen molar-refractivity contribution in [2.24, 2.45) is 0 Å². The number of hydrogen-bond acceptors (Lipinski definition) is 0. The number of aryl methyl sites for hydroxylation is 2. The van der Waals surface area contributed by atoms with E-state index in [0.29, 0.717) is 0 Å². The highest BCUT2D eigenvalue weighted by molar-refractivity contribution is 5.87. The number of hydrogen-bond donors (Lipinski definition) is 0. The van der Waals surface area contributed by atoms with Gasteiger partial charge in [-0.1, -0.05) is 102 Å². The van der Waals surface area contributed by atoms with E-state index >= 15 is 0 Å². The largest absolute Gasteiger partial charge is 0.0622 e. The Morgan fingerprint density at radius 3 is 1.46 bits per heavy atom. The van der Waals surface area contributed by atoms with E-state index in [1.165, 1.54) is 44.5 Å². The molecule has 0 fully saturated rings. The Morgan fingerprint density at radius 2 is 0.885 bits per heavy atom. The van der Waals surface area contributed by atoms with Crippen LogP contribution in [0.3, 0.4) is 0 Å². The van der Waals surface area contributed by atoms with Crippen LogP contribution in [0, 0.1) is 13.8 Å². The van der Waals surface area contributed by atoms with Gasteiger partial charge in [0, 0.05) is 0 Å². The van der Waals surface area contributed by atoms with Gasteiger partial charge in [0.25, 0.3) is 0 Å². The maximum atomic E-state index is 2.31. The molecule has 0 heterocycles. The predicted molar refractivity (Wildman–Crippen MR) is 112 cm³/mol. The second kappa shape index (κ2) is 7.01. The summed E-state index contributed by atoms with van der Waals surface area (Å²) in [7, 11) is 0. The lowest BCUT2D eigenvalue weighted by atomic mass is 9.90. The second-order valence-electron chi connectivity index (χ2n) is 6.86. The minimum atomic E-state index is 1.25. The molecule has 0 aromatic heterocycles. The van der Waals surface area contributed by atoms with Crippen LogP contribution in [0.15, 0.2) is 97.1 Å². The summed E-state index contributed by atoms with van der Waals surface area (Å²) in [5.74, 6) is 0. The van der Waals surface area contributed by atoms with E-state index < -0.39 is 0 Å². The summed E-state index contributed by atoms with van der Waals surface area (Å²) in [4.78, 5) is 0. The van der Waals surface area contributed by atoms with Crippen LogP contribution in [0.4, 0.5) is 0 Å². The molecule has 0 saturated heterocycles. The first-order chi connectivity index (χ1) is 12.7. The van der Waals surface area contributed by atoms with E-state index in [1.807, 2.05) is 0 Å². The van der Waals surface area contributed by atoms with Crippen LogP contribution in [0.25, 0.3) is 33.4 Å². The number of benzene rings is 4. The summed E-state index contributed by atoms with van der Waals surface area (Å²) in [6.45, 7) is 4.26. The highest BCUT2D eigenvalue weighted by Crippen LogP contribution is 2.36. The molecule has 0 unspecified atom stereocenters. The predicted octanol–water partition coefficient (Wildman–Crippen LogP) is 7.30. The van der Waals surface area contributed by atoms with Gasteiger partial charge in [-0.2, -0.15) is 0 Å². The molecule has 4 aromatic rings. The van der Waals surface area contributed by atoms with E-state index in [0.717, 1.165) is 0 Å². The fourth-order valence-corrected chi connectivity index (χ4v) is 3.31. The Labute approximate surface area is 155 Å². The van der Waals surface area contributed by atoms with E-state index in [4.69, 9.17) is 0 Å². The van der Waals surface area contributed by atoms with E-state index in [2.05, 4.69) is 111 Å². The van der Waals surface area contributed by atoms with Gasteiger partial charge in [-0.25, -0.2) is 0 Å². The van der Waals surface area contributed by atoms with Crippen molar-refractivity contribution in [1.82, 2.24) is 0 Å². The summed E-state index contributed by atoms with van der Waals surface area (Å²) in [5.41, 5.74) is 10.1. The van der Waals surface area contributed by atoms with Crippen LogP contribution in [0.1, 0.15) is 11.1 Å². The molecule has 0 nitrogen and oxygen atoms in total. The lowest BCUT2D eigenvalue weighted by Gasteiger charge is -2.14. The van der Waals surface area contributed by atoms with Gasteiger partial charge in [-0.05, 0) is 53.3 Å². The van der Waals surface area contributed by atoms with Gasteiger partial charge in [-0.3, -0.25) is 0 Å². The van der Waals surface area contributed by atoms with Crippen molar-refractivity contribution in [3.05, 3.63) is 108 Å². The Hall–Kier alpha value is -3.12. The third-order valence-electron chi connectivity index (χ3n) is 4.85. The van der Waals surface area contributed by atoms with Gasteiger partial charge in [0.1, 0.15) is 0 Å². The molecule has 0 atom stereocenters. The van der Waals surface area contributed by atoms with E-state index in [9.17, 15) is 0 Å². The zero-order valence-corrected chi connectivity index (χ0v) is 15.2. The first-order valence-corrected chi connectivity index (χ1v) is 9.04. The fraction of sp³-hybridized carbons (Fsp3) is 0.0769. The smallest absolute Gasteiger partial charge is 0.00992 e. The Kier molecular flexibility index (Phi) is 4.41. The van der Waals surface area contributed by atoms with Crippen molar-refractivity contribution in [3.63, 3.8) is 0 Å². The van der Waals surface area contributed by atoms with Crippen LogP contribution in [-0.4, -0.2) is 0 Å². The molecule has 4 aromatic carbocycles. The van der Waals surface area contributed by atoms with Crippen molar-refractivity contribution in [2.45, 2.75) is 13.8 Å². The van der Waals surface area contributed by atoms with Gasteiger partial charge in [0.15, 0.2) is 0 Å². The Bertz CT molecular complexity index is 1010. The van der Waals surface area contributed by atoms with Gasteiger partial charge >= 0.3 is 0 Å². The maximum Gasteiger partial charge on any atom is -0.00992 e. The van der Waals surface area contributed by atoms with E-state index in [1.54, 1.807) is 0 Å². The van der Waals surface area contributed by atoms with Crippen LogP contribution >= 0.6 is 0 Å². The fourth-order valence-electron chi connectivity index (χ4n) is 3.31. The summed E-state index contributed by atoms with van der Waals surface area (Å²) in [6, 6.07) is 35.0. The minimum absolute atomic E-state index is 1.25. The lowest BCUT2D eigenvalue weighted by molar-refractivity contribution is 1.45. The third-order valence-corrected chi connectivity index (χ3v) is 4.85. The molecule has 0 aliphatic carbocycles. The Balaban J connectivity index is 1.90. The molecule has 0 saturated carbocycles. The topological polar surface area (TPSA) is 0 Å². The molecule has 0 N–H and O–H groups in total. The van der Waals surface area contributed by atoms with Crippen molar-refractivity contribution in [2.75, 3.05) is 0 Å². The Morgan fingerprint density at radius 1 is 0.385 bits per heavy atom. The summed E-state index contributed by atoms with van der Waals surface area (Å²) >= 11 is 0. The molecule has 4 rings (SSSR count). The average molecular weight is 334 g/mol. The maximum absolute atomic E-state index is 2.31. The van der Waals surface area contributed by atoms with Crippen molar-refractivity contribution in [1.29, 1.82) is 0 Å². The van der Waals surface area contributed by atoms with Crippen LogP contribution in [-0.2, 0) is 0 Å². The molecule has 26 heavy (non-hydrogen) atoms. The molecule has 0 heteroatoms. The average Bonchev–Trinajstić information content (AvgIpc) is 2.70. The highest BCUT2D eigenvalue weighted by Gasteiger charge is 2.10. The monoisotopic (exact) mass is 334 g/mol. The van der Waals surface area contributed by atoms with Gasteiger partial charge in [0.05, 0.1) is 0 Å². The molecular weight excluding hydrogens is 312 g/mol. The van der Waals surface area contributed by atoms with Gasteiger partial charge in [0.2, 0.25) is 0 Å². The van der Waals surface area contributed by atoms with Crippen LogP contribution in [0.2, 0.25) is 0 Å². The zero-order chi connectivity index (χ0) is 17.9. The lowest BCUT2D eigenvalue weighted by Crippen LogP contribution is -1.88. The van der Waals surface area contributed by atoms with Crippen molar-refractivity contribution in [3.8, 4) is 33.4 Å². The molecule has 0 bridgehead atoms. The third kappa shape index (κ3) is 3.32. The van der Waals surface area contributed by atoms with Crippen LogP contribution in [0.5, 0.6) is 0 Å².